The Labute approximate surface area is 175 Å². The molecule has 1 aromatic carbocycles. The van der Waals surface area contributed by atoms with Crippen LogP contribution >= 0.6 is 23.1 Å². The maximum absolute atomic E-state index is 13.1. The van der Waals surface area contributed by atoms with Crippen LogP contribution in [-0.4, -0.2) is 72.8 Å². The lowest BCUT2D eigenvalue weighted by Crippen LogP contribution is -2.48. The Hall–Kier alpha value is -2.37. The third-order valence-electron chi connectivity index (χ3n) is 4.68. The van der Waals surface area contributed by atoms with Crippen molar-refractivity contribution >= 4 is 29.0 Å². The molecule has 0 aliphatic carbocycles. The lowest BCUT2D eigenvalue weighted by Gasteiger charge is -2.34. The van der Waals surface area contributed by atoms with E-state index in [0.717, 1.165) is 35.9 Å². The molecule has 0 unspecified atom stereocenters. The van der Waals surface area contributed by atoms with Crippen LogP contribution in [0.15, 0.2) is 34.8 Å². The molecule has 1 saturated heterocycles. The van der Waals surface area contributed by atoms with Crippen LogP contribution in [0.3, 0.4) is 0 Å². The molecule has 152 valence electrons. The molecule has 0 spiro atoms. The Balaban J connectivity index is 1.25. The third kappa shape index (κ3) is 4.98. The van der Waals surface area contributed by atoms with E-state index in [9.17, 15) is 9.18 Å². The Morgan fingerprint density at radius 3 is 2.66 bits per heavy atom. The number of amides is 1. The maximum Gasteiger partial charge on any atom is 0.233 e. The summed E-state index contributed by atoms with van der Waals surface area (Å²) < 4.78 is 14.6. The highest BCUT2D eigenvalue weighted by Gasteiger charge is 2.22. The van der Waals surface area contributed by atoms with E-state index in [2.05, 4.69) is 25.4 Å². The van der Waals surface area contributed by atoms with E-state index in [1.807, 2.05) is 10.3 Å². The van der Waals surface area contributed by atoms with Crippen LogP contribution in [0.1, 0.15) is 5.01 Å². The zero-order valence-electron chi connectivity index (χ0n) is 15.9. The molecule has 0 saturated carbocycles. The molecule has 29 heavy (non-hydrogen) atoms. The molecule has 1 aliphatic heterocycles. The highest BCUT2D eigenvalue weighted by Crippen LogP contribution is 2.23. The Morgan fingerprint density at radius 1 is 1.21 bits per heavy atom. The van der Waals surface area contributed by atoms with Crippen LogP contribution in [0, 0.1) is 5.82 Å². The Kier molecular flexibility index (Phi) is 6.16. The highest BCUT2D eigenvalue weighted by molar-refractivity contribution is 7.99. The molecule has 3 heterocycles. The van der Waals surface area contributed by atoms with E-state index in [-0.39, 0.29) is 11.7 Å². The van der Waals surface area contributed by atoms with Crippen molar-refractivity contribution < 1.29 is 9.18 Å². The smallest absolute Gasteiger partial charge is 0.233 e. The van der Waals surface area contributed by atoms with Gasteiger partial charge < -0.3 is 4.90 Å². The van der Waals surface area contributed by atoms with Crippen molar-refractivity contribution in [3.05, 3.63) is 40.5 Å². The molecule has 1 aliphatic rings. The minimum absolute atomic E-state index is 0.102. The number of carbonyl (C=O) groups excluding carboxylic acids is 1. The van der Waals surface area contributed by atoms with Gasteiger partial charge in [-0.25, -0.2) is 14.1 Å². The van der Waals surface area contributed by atoms with Crippen LogP contribution in [0.25, 0.3) is 11.3 Å². The number of aryl methyl sites for hydroxylation is 1. The van der Waals surface area contributed by atoms with Gasteiger partial charge in [-0.05, 0) is 34.7 Å². The predicted octanol–water partition coefficient (Wildman–Crippen LogP) is 1.91. The molecule has 0 bridgehead atoms. The van der Waals surface area contributed by atoms with Crippen LogP contribution in [0.5, 0.6) is 0 Å². The Morgan fingerprint density at radius 2 is 1.97 bits per heavy atom. The third-order valence-corrected chi connectivity index (χ3v) is 6.51. The van der Waals surface area contributed by atoms with Gasteiger partial charge in [0.2, 0.25) is 11.1 Å². The summed E-state index contributed by atoms with van der Waals surface area (Å²) in [5.41, 5.74) is 1.79. The molecule has 1 fully saturated rings. The summed E-state index contributed by atoms with van der Waals surface area (Å²) in [4.78, 5) is 21.3. The van der Waals surface area contributed by atoms with Crippen LogP contribution in [0.2, 0.25) is 0 Å². The summed E-state index contributed by atoms with van der Waals surface area (Å²) in [6.45, 7) is 3.79. The number of thioether (sulfide) groups is 1. The molecule has 4 rings (SSSR count). The van der Waals surface area contributed by atoms with Crippen molar-refractivity contribution in [2.24, 2.45) is 7.05 Å². The van der Waals surface area contributed by atoms with Crippen LogP contribution in [-0.2, 0) is 18.4 Å². The normalized spacial score (nSPS) is 15.0. The molecule has 1 amide bonds. The first kappa shape index (κ1) is 19.9. The Bertz CT molecular complexity index is 967. The zero-order chi connectivity index (χ0) is 20.2. The first-order valence-corrected chi connectivity index (χ1v) is 11.0. The zero-order valence-corrected chi connectivity index (χ0v) is 17.5. The van der Waals surface area contributed by atoms with E-state index >= 15 is 0 Å². The number of nitrogens with zero attached hydrogens (tertiary/aromatic N) is 7. The summed E-state index contributed by atoms with van der Waals surface area (Å²) >= 11 is 2.96. The van der Waals surface area contributed by atoms with Gasteiger partial charge in [-0.3, -0.25) is 9.69 Å². The number of rotatable bonds is 6. The van der Waals surface area contributed by atoms with Gasteiger partial charge in [0.05, 0.1) is 18.0 Å². The van der Waals surface area contributed by atoms with Crippen molar-refractivity contribution in [2.75, 3.05) is 31.9 Å². The van der Waals surface area contributed by atoms with E-state index < -0.39 is 0 Å². The number of carbonyl (C=O) groups is 1. The molecule has 8 nitrogen and oxygen atoms in total. The minimum atomic E-state index is -0.247. The fraction of sp³-hybridized carbons (Fsp3) is 0.389. The monoisotopic (exact) mass is 433 g/mol. The second-order valence-electron chi connectivity index (χ2n) is 6.66. The number of hydrogen-bond acceptors (Lipinski definition) is 8. The molecule has 0 N–H and O–H groups in total. The van der Waals surface area contributed by atoms with Gasteiger partial charge in [0, 0.05) is 44.2 Å². The predicted molar refractivity (Wildman–Crippen MR) is 109 cm³/mol. The first-order chi connectivity index (χ1) is 14.1. The molecule has 0 atom stereocenters. The number of piperazine rings is 1. The van der Waals surface area contributed by atoms with E-state index in [0.29, 0.717) is 24.0 Å². The van der Waals surface area contributed by atoms with Gasteiger partial charge in [0.1, 0.15) is 10.8 Å². The van der Waals surface area contributed by atoms with Crippen LogP contribution < -0.4 is 0 Å². The van der Waals surface area contributed by atoms with E-state index in [1.54, 1.807) is 35.2 Å². The van der Waals surface area contributed by atoms with Gasteiger partial charge in [-0.15, -0.1) is 16.4 Å². The molecular weight excluding hydrogens is 413 g/mol. The van der Waals surface area contributed by atoms with Gasteiger partial charge in [-0.2, -0.15) is 0 Å². The van der Waals surface area contributed by atoms with Gasteiger partial charge in [-0.1, -0.05) is 11.8 Å². The number of aromatic nitrogens is 5. The number of halogens is 1. The van der Waals surface area contributed by atoms with Gasteiger partial charge >= 0.3 is 0 Å². The summed E-state index contributed by atoms with van der Waals surface area (Å²) in [6.07, 6.45) is 0. The molecular formula is C18H20FN7OS2. The van der Waals surface area contributed by atoms with Gasteiger partial charge in [0.25, 0.3) is 0 Å². The lowest BCUT2D eigenvalue weighted by molar-refractivity contribution is -0.130. The molecule has 0 radical (unpaired) electrons. The number of tetrazole rings is 1. The largest absolute Gasteiger partial charge is 0.339 e. The van der Waals surface area contributed by atoms with E-state index in [4.69, 9.17) is 0 Å². The van der Waals surface area contributed by atoms with Gasteiger partial charge in [0.15, 0.2) is 0 Å². The summed E-state index contributed by atoms with van der Waals surface area (Å²) in [5, 5.41) is 14.9. The number of thiazole rings is 1. The van der Waals surface area contributed by atoms with Crippen molar-refractivity contribution in [1.29, 1.82) is 0 Å². The average molecular weight is 434 g/mol. The van der Waals surface area contributed by atoms with Crippen molar-refractivity contribution in [3.63, 3.8) is 0 Å². The second kappa shape index (κ2) is 8.97. The quantitative estimate of drug-likeness (QED) is 0.550. The summed E-state index contributed by atoms with van der Waals surface area (Å²) in [6, 6.07) is 6.38. The second-order valence-corrected chi connectivity index (χ2v) is 8.55. The van der Waals surface area contributed by atoms with Crippen LogP contribution in [0.4, 0.5) is 4.39 Å². The fourth-order valence-corrected chi connectivity index (χ4v) is 4.64. The topological polar surface area (TPSA) is 80.0 Å². The molecule has 3 aromatic rings. The fourth-order valence-electron chi connectivity index (χ4n) is 3.04. The number of hydrogen-bond donors (Lipinski definition) is 0. The summed E-state index contributed by atoms with van der Waals surface area (Å²) in [5.74, 6) is 0.190. The van der Waals surface area contributed by atoms with Crippen molar-refractivity contribution in [1.82, 2.24) is 35.0 Å². The molecule has 2 aromatic heterocycles. The number of benzene rings is 1. The average Bonchev–Trinajstić information content (AvgIpc) is 3.36. The maximum atomic E-state index is 13.1. The SMILES string of the molecule is Cn1nnnc1SCC(=O)N1CCN(Cc2nc(-c3ccc(F)cc3)cs2)CC1. The lowest BCUT2D eigenvalue weighted by atomic mass is 10.2. The molecule has 11 heteroatoms. The van der Waals surface area contributed by atoms with E-state index in [1.165, 1.54) is 23.9 Å². The minimum Gasteiger partial charge on any atom is -0.339 e. The highest BCUT2D eigenvalue weighted by atomic mass is 32.2. The first-order valence-electron chi connectivity index (χ1n) is 9.14. The van der Waals surface area contributed by atoms with Crippen molar-refractivity contribution in [3.8, 4) is 11.3 Å². The van der Waals surface area contributed by atoms with Crippen molar-refractivity contribution in [2.45, 2.75) is 11.7 Å². The standard InChI is InChI=1S/C18H20FN7OS2/c1-24-18(21-22-23-24)29-12-17(27)26-8-6-25(7-9-26)10-16-20-15(11-28-16)13-2-4-14(19)5-3-13/h2-5,11H,6-10,12H2,1H3. The summed E-state index contributed by atoms with van der Waals surface area (Å²) in [7, 11) is 1.76.